The van der Waals surface area contributed by atoms with Gasteiger partial charge in [-0.3, -0.25) is 0 Å². The van der Waals surface area contributed by atoms with Gasteiger partial charge in [0.2, 0.25) is 0 Å². The van der Waals surface area contributed by atoms with Gasteiger partial charge in [-0.1, -0.05) is 20.8 Å². The van der Waals surface area contributed by atoms with Crippen LogP contribution in [0.5, 0.6) is 0 Å². The Morgan fingerprint density at radius 2 is 1.90 bits per heavy atom. The first-order valence-electron chi connectivity index (χ1n) is 3.26. The van der Waals surface area contributed by atoms with Crippen LogP contribution < -0.4 is 5.73 Å². The number of nitrogens with one attached hydrogen (secondary N) is 1. The molecule has 0 saturated heterocycles. The maximum atomic E-state index is 10.1. The van der Waals surface area contributed by atoms with E-state index >= 15 is 0 Å². The van der Waals surface area contributed by atoms with E-state index in [1.165, 1.54) is 0 Å². The highest BCUT2D eigenvalue weighted by molar-refractivity contribution is 5.63. The second-order valence-corrected chi connectivity index (χ2v) is 3.41. The molecule has 3 nitrogen and oxygen atoms in total. The summed E-state index contributed by atoms with van der Waals surface area (Å²) in [7, 11) is 0. The molecule has 0 spiro atoms. The van der Waals surface area contributed by atoms with Crippen molar-refractivity contribution in [1.29, 1.82) is 0 Å². The van der Waals surface area contributed by atoms with Gasteiger partial charge in [0.1, 0.15) is 6.10 Å². The molecule has 0 heterocycles. The smallest absolute Gasteiger partial charge is 0.426 e. The number of hydrogen-bond donors (Lipinski definition) is 0. The van der Waals surface area contributed by atoms with E-state index in [0.717, 1.165) is 0 Å². The Labute approximate surface area is 61.5 Å². The van der Waals surface area contributed by atoms with Crippen LogP contribution >= 0.6 is 0 Å². The summed E-state index contributed by atoms with van der Waals surface area (Å²) in [6.45, 7) is 7.66. The molecule has 3 heteroatoms. The Morgan fingerprint density at radius 1 is 1.50 bits per heavy atom. The minimum absolute atomic E-state index is 0.0727. The summed E-state index contributed by atoms with van der Waals surface area (Å²) in [5.41, 5.74) is 6.45. The van der Waals surface area contributed by atoms with Crippen molar-refractivity contribution in [3.8, 4) is 0 Å². The van der Waals surface area contributed by atoms with Gasteiger partial charge in [0, 0.05) is 0 Å². The number of carbonyl (C=O) groups is 1. The zero-order valence-corrected chi connectivity index (χ0v) is 6.89. The average molecular weight is 144 g/mol. The van der Waals surface area contributed by atoms with E-state index in [0.29, 0.717) is 0 Å². The van der Waals surface area contributed by atoms with E-state index in [1.54, 1.807) is 6.92 Å². The molecule has 0 aromatic rings. The number of amides is 1. The van der Waals surface area contributed by atoms with E-state index in [1.807, 2.05) is 20.8 Å². The summed E-state index contributed by atoms with van der Waals surface area (Å²) in [6, 6.07) is 0. The standard InChI is InChI=1S/C7H14NO2/c1-5(7(2,3)4)10-6(8)9/h5,8H,1-4H3. The molecule has 0 bridgehead atoms. The monoisotopic (exact) mass is 144 g/mol. The molecule has 1 amide bonds. The Bertz CT molecular complexity index is 126. The van der Waals surface area contributed by atoms with Gasteiger partial charge in [-0.05, 0) is 12.3 Å². The lowest BCUT2D eigenvalue weighted by Crippen LogP contribution is -2.28. The van der Waals surface area contributed by atoms with Crippen molar-refractivity contribution >= 4 is 6.09 Å². The van der Waals surface area contributed by atoms with Crippen molar-refractivity contribution in [2.24, 2.45) is 5.41 Å². The summed E-state index contributed by atoms with van der Waals surface area (Å²) in [6.07, 6.45) is -1.15. The summed E-state index contributed by atoms with van der Waals surface area (Å²) < 4.78 is 4.64. The van der Waals surface area contributed by atoms with Gasteiger partial charge >= 0.3 is 6.09 Å². The average Bonchev–Trinajstić information content (AvgIpc) is 1.60. The van der Waals surface area contributed by atoms with Crippen LogP contribution in [0.1, 0.15) is 27.7 Å². The van der Waals surface area contributed by atoms with Gasteiger partial charge in [-0.2, -0.15) is 0 Å². The molecule has 0 aliphatic heterocycles. The molecule has 0 aliphatic rings. The van der Waals surface area contributed by atoms with Crippen LogP contribution in [-0.4, -0.2) is 12.2 Å². The van der Waals surface area contributed by atoms with Gasteiger partial charge < -0.3 is 4.74 Å². The first kappa shape index (κ1) is 9.27. The summed E-state index contributed by atoms with van der Waals surface area (Å²) >= 11 is 0. The molecule has 1 unspecified atom stereocenters. The fourth-order valence-electron chi connectivity index (χ4n) is 0.337. The molecule has 0 rings (SSSR count). The third-order valence-corrected chi connectivity index (χ3v) is 1.50. The van der Waals surface area contributed by atoms with E-state index < -0.39 is 6.09 Å². The van der Waals surface area contributed by atoms with Gasteiger partial charge in [-0.25, -0.2) is 10.5 Å². The first-order valence-corrected chi connectivity index (χ1v) is 3.26. The maximum absolute atomic E-state index is 10.1. The zero-order chi connectivity index (χ0) is 8.36. The third-order valence-electron chi connectivity index (χ3n) is 1.50. The normalized spacial score (nSPS) is 14.4. The van der Waals surface area contributed by atoms with Gasteiger partial charge in [0.25, 0.3) is 0 Å². The minimum Gasteiger partial charge on any atom is -0.445 e. The van der Waals surface area contributed by atoms with E-state index in [9.17, 15) is 4.79 Å². The topological polar surface area (TPSA) is 50.1 Å². The van der Waals surface area contributed by atoms with Crippen LogP contribution in [-0.2, 0) is 4.74 Å². The van der Waals surface area contributed by atoms with Crippen molar-refractivity contribution in [2.75, 3.05) is 0 Å². The lowest BCUT2D eigenvalue weighted by atomic mass is 9.90. The van der Waals surface area contributed by atoms with E-state index in [-0.39, 0.29) is 11.5 Å². The van der Waals surface area contributed by atoms with E-state index in [4.69, 9.17) is 5.73 Å². The van der Waals surface area contributed by atoms with Crippen LogP contribution in [0.25, 0.3) is 0 Å². The molecule has 0 aliphatic carbocycles. The number of ether oxygens (including phenoxy) is 1. The molecule has 1 radical (unpaired) electrons. The van der Waals surface area contributed by atoms with Crippen molar-refractivity contribution in [3.63, 3.8) is 0 Å². The summed E-state index contributed by atoms with van der Waals surface area (Å²) in [5.74, 6) is 0. The van der Waals surface area contributed by atoms with Crippen molar-refractivity contribution in [2.45, 2.75) is 33.8 Å². The molecule has 1 N–H and O–H groups in total. The highest BCUT2D eigenvalue weighted by Crippen LogP contribution is 2.21. The Balaban J connectivity index is 3.85. The zero-order valence-electron chi connectivity index (χ0n) is 6.89. The number of rotatable bonds is 1. The molecule has 0 aromatic heterocycles. The number of hydrogen-bond acceptors (Lipinski definition) is 2. The molecule has 59 valence electrons. The second kappa shape index (κ2) is 2.90. The minimum atomic E-state index is -0.956. The largest absolute Gasteiger partial charge is 0.445 e. The Hall–Kier alpha value is -0.730. The molecule has 0 aromatic carbocycles. The second-order valence-electron chi connectivity index (χ2n) is 3.41. The van der Waals surface area contributed by atoms with Crippen LogP contribution in [0.2, 0.25) is 0 Å². The quantitative estimate of drug-likeness (QED) is 0.563. The van der Waals surface area contributed by atoms with Gasteiger partial charge in [0.05, 0.1) is 0 Å². The van der Waals surface area contributed by atoms with Crippen molar-refractivity contribution < 1.29 is 9.53 Å². The van der Waals surface area contributed by atoms with Gasteiger partial charge in [-0.15, -0.1) is 0 Å². The van der Waals surface area contributed by atoms with Gasteiger partial charge in [0.15, 0.2) is 0 Å². The molecular formula is C7H14NO2. The summed E-state index contributed by atoms with van der Waals surface area (Å²) in [4.78, 5) is 10.1. The Kier molecular flexibility index (Phi) is 2.69. The fourth-order valence-corrected chi connectivity index (χ4v) is 0.337. The van der Waals surface area contributed by atoms with Crippen molar-refractivity contribution in [3.05, 3.63) is 0 Å². The fraction of sp³-hybridized carbons (Fsp3) is 0.857. The van der Waals surface area contributed by atoms with Crippen LogP contribution in [0.4, 0.5) is 4.79 Å². The van der Waals surface area contributed by atoms with Crippen molar-refractivity contribution in [1.82, 2.24) is 5.73 Å². The lowest BCUT2D eigenvalue weighted by molar-refractivity contribution is 0.0487. The van der Waals surface area contributed by atoms with Crippen LogP contribution in [0.15, 0.2) is 0 Å². The molecule has 10 heavy (non-hydrogen) atoms. The first-order chi connectivity index (χ1) is 4.34. The van der Waals surface area contributed by atoms with Crippen LogP contribution in [0, 0.1) is 5.41 Å². The Morgan fingerprint density at radius 3 is 2.00 bits per heavy atom. The molecule has 0 fully saturated rings. The predicted octanol–water partition coefficient (Wildman–Crippen LogP) is 1.84. The third kappa shape index (κ3) is 3.33. The highest BCUT2D eigenvalue weighted by atomic mass is 16.6. The highest BCUT2D eigenvalue weighted by Gasteiger charge is 2.22. The predicted molar refractivity (Wildman–Crippen MR) is 38.5 cm³/mol. The summed E-state index contributed by atoms with van der Waals surface area (Å²) in [5, 5.41) is 0. The molecule has 1 atom stereocenters. The lowest BCUT2D eigenvalue weighted by Gasteiger charge is -2.25. The molecule has 0 saturated carbocycles. The molecular weight excluding hydrogens is 130 g/mol. The SMILES string of the molecule is CC(OC([NH])=O)C(C)(C)C. The van der Waals surface area contributed by atoms with E-state index in [2.05, 4.69) is 4.74 Å². The maximum Gasteiger partial charge on any atom is 0.426 e. The number of carbonyl (C=O) groups excluding carboxylic acids is 1. The van der Waals surface area contributed by atoms with Crippen LogP contribution in [0.3, 0.4) is 0 Å².